The van der Waals surface area contributed by atoms with Crippen LogP contribution in [0.15, 0.2) is 22.8 Å². The summed E-state index contributed by atoms with van der Waals surface area (Å²) in [5.41, 5.74) is 0. The van der Waals surface area contributed by atoms with Crippen molar-refractivity contribution in [3.05, 3.63) is 22.8 Å². The van der Waals surface area contributed by atoms with Gasteiger partial charge in [-0.25, -0.2) is 4.98 Å². The van der Waals surface area contributed by atoms with Crippen LogP contribution in [0, 0.1) is 0 Å². The number of halogens is 2. The molecule has 0 aromatic carbocycles. The van der Waals surface area contributed by atoms with E-state index in [1.165, 1.54) is 0 Å². The van der Waals surface area contributed by atoms with Gasteiger partial charge in [0.15, 0.2) is 0 Å². The molecule has 0 aliphatic rings. The largest absolute Gasteiger partial charge is 0.311 e. The number of alkyl halides is 1. The molecule has 1 aromatic heterocycles. The van der Waals surface area contributed by atoms with E-state index in [-0.39, 0.29) is 5.91 Å². The van der Waals surface area contributed by atoms with Gasteiger partial charge in [-0.1, -0.05) is 6.07 Å². The molecule has 0 spiro atoms. The number of pyridine rings is 1. The number of hydrogen-bond donors (Lipinski definition) is 1. The summed E-state index contributed by atoms with van der Waals surface area (Å²) in [4.78, 5) is 15.5. The maximum absolute atomic E-state index is 11.4. The number of carbonyl (C=O) groups is 1. The highest BCUT2D eigenvalue weighted by Gasteiger charge is 2.02. The fourth-order valence-electron chi connectivity index (χ4n) is 1.06. The van der Waals surface area contributed by atoms with Crippen LogP contribution >= 0.6 is 27.5 Å². The molecule has 0 radical (unpaired) electrons. The summed E-state index contributed by atoms with van der Waals surface area (Å²) in [6, 6.07) is 5.39. The van der Waals surface area contributed by atoms with Crippen LogP contribution in [0.25, 0.3) is 0 Å². The van der Waals surface area contributed by atoms with Crippen LogP contribution in [0.2, 0.25) is 0 Å². The lowest BCUT2D eigenvalue weighted by Gasteiger charge is -2.03. The Morgan fingerprint density at radius 3 is 2.93 bits per heavy atom. The van der Waals surface area contributed by atoms with E-state index in [0.717, 1.165) is 12.8 Å². The summed E-state index contributed by atoms with van der Waals surface area (Å²) in [5, 5.41) is 2.72. The molecule has 1 heterocycles. The minimum Gasteiger partial charge on any atom is -0.311 e. The summed E-state index contributed by atoms with van der Waals surface area (Å²) in [6.07, 6.45) is 2.16. The predicted octanol–water partition coefficient (Wildman–Crippen LogP) is 3.19. The molecular weight excluding hydrogens is 279 g/mol. The zero-order valence-electron chi connectivity index (χ0n) is 8.17. The third kappa shape index (κ3) is 5.14. The van der Waals surface area contributed by atoms with Gasteiger partial charge in [-0.2, -0.15) is 0 Å². The topological polar surface area (TPSA) is 42.0 Å². The molecule has 82 valence electrons. The third-order valence-electron chi connectivity index (χ3n) is 1.77. The highest BCUT2D eigenvalue weighted by atomic mass is 79.9. The number of nitrogens with one attached hydrogen (secondary N) is 1. The molecule has 0 saturated heterocycles. The summed E-state index contributed by atoms with van der Waals surface area (Å²) in [6.45, 7) is 0. The molecule has 0 unspecified atom stereocenters. The Morgan fingerprint density at radius 1 is 1.47 bits per heavy atom. The van der Waals surface area contributed by atoms with Gasteiger partial charge in [-0.3, -0.25) is 4.79 Å². The molecule has 0 aliphatic heterocycles. The van der Waals surface area contributed by atoms with Gasteiger partial charge in [0.1, 0.15) is 10.4 Å². The quantitative estimate of drug-likeness (QED) is 0.514. The van der Waals surface area contributed by atoms with Crippen molar-refractivity contribution in [3.63, 3.8) is 0 Å². The molecule has 1 amide bonds. The normalized spacial score (nSPS) is 10.0. The van der Waals surface area contributed by atoms with E-state index < -0.39 is 0 Å². The molecule has 0 aliphatic carbocycles. The molecule has 1 rings (SSSR count). The standard InChI is InChI=1S/C10H12BrClN2O/c11-8-4-3-5-9(13-8)14-10(15)6-1-2-7-12/h3-5H,1-2,6-7H2,(H,13,14,15). The van der Waals surface area contributed by atoms with Crippen LogP contribution in [0.5, 0.6) is 0 Å². The summed E-state index contributed by atoms with van der Waals surface area (Å²) in [5.74, 6) is 1.15. The van der Waals surface area contributed by atoms with E-state index in [2.05, 4.69) is 26.2 Å². The fraction of sp³-hybridized carbons (Fsp3) is 0.400. The average molecular weight is 292 g/mol. The number of hydrogen-bond acceptors (Lipinski definition) is 2. The Morgan fingerprint density at radius 2 is 2.27 bits per heavy atom. The van der Waals surface area contributed by atoms with Crippen molar-refractivity contribution in [1.29, 1.82) is 0 Å². The third-order valence-corrected chi connectivity index (χ3v) is 2.48. The highest BCUT2D eigenvalue weighted by molar-refractivity contribution is 9.10. The smallest absolute Gasteiger partial charge is 0.225 e. The van der Waals surface area contributed by atoms with Crippen molar-refractivity contribution in [2.24, 2.45) is 0 Å². The van der Waals surface area contributed by atoms with E-state index in [9.17, 15) is 4.79 Å². The van der Waals surface area contributed by atoms with Gasteiger partial charge in [0.2, 0.25) is 5.91 Å². The minimum atomic E-state index is -0.0225. The van der Waals surface area contributed by atoms with Crippen LogP contribution in [0.4, 0.5) is 5.82 Å². The lowest BCUT2D eigenvalue weighted by Crippen LogP contribution is -2.12. The van der Waals surface area contributed by atoms with Gasteiger partial charge < -0.3 is 5.32 Å². The molecular formula is C10H12BrClN2O. The number of rotatable bonds is 5. The van der Waals surface area contributed by atoms with E-state index >= 15 is 0 Å². The van der Waals surface area contributed by atoms with E-state index in [0.29, 0.717) is 22.7 Å². The van der Waals surface area contributed by atoms with Crippen molar-refractivity contribution in [2.75, 3.05) is 11.2 Å². The highest BCUT2D eigenvalue weighted by Crippen LogP contribution is 2.10. The molecule has 0 bridgehead atoms. The first-order chi connectivity index (χ1) is 7.22. The Bertz CT molecular complexity index is 333. The maximum Gasteiger partial charge on any atom is 0.225 e. The second kappa shape index (κ2) is 6.80. The van der Waals surface area contributed by atoms with Crippen LogP contribution < -0.4 is 5.32 Å². The number of anilines is 1. The predicted molar refractivity (Wildman–Crippen MR) is 65.1 cm³/mol. The molecule has 15 heavy (non-hydrogen) atoms. The van der Waals surface area contributed by atoms with Crippen LogP contribution in [-0.4, -0.2) is 16.8 Å². The zero-order valence-corrected chi connectivity index (χ0v) is 10.5. The van der Waals surface area contributed by atoms with Crippen LogP contribution in [0.3, 0.4) is 0 Å². The molecule has 0 saturated carbocycles. The Kier molecular flexibility index (Phi) is 5.65. The summed E-state index contributed by atoms with van der Waals surface area (Å²) < 4.78 is 0.709. The molecule has 0 fully saturated rings. The van der Waals surface area contributed by atoms with Gasteiger partial charge in [0, 0.05) is 12.3 Å². The van der Waals surface area contributed by atoms with Crippen molar-refractivity contribution >= 4 is 39.3 Å². The molecule has 1 N–H and O–H groups in total. The first kappa shape index (κ1) is 12.5. The molecule has 1 aromatic rings. The minimum absolute atomic E-state index is 0.0225. The number of nitrogens with zero attached hydrogens (tertiary/aromatic N) is 1. The maximum atomic E-state index is 11.4. The number of amides is 1. The van der Waals surface area contributed by atoms with Crippen molar-refractivity contribution in [3.8, 4) is 0 Å². The molecule has 5 heteroatoms. The lowest BCUT2D eigenvalue weighted by atomic mass is 10.2. The molecule has 0 atom stereocenters. The van der Waals surface area contributed by atoms with Gasteiger partial charge in [0.05, 0.1) is 0 Å². The summed E-state index contributed by atoms with van der Waals surface area (Å²) >= 11 is 8.75. The molecule has 3 nitrogen and oxygen atoms in total. The van der Waals surface area contributed by atoms with E-state index in [1.54, 1.807) is 6.07 Å². The Hall–Kier alpha value is -0.610. The Balaban J connectivity index is 2.37. The summed E-state index contributed by atoms with van der Waals surface area (Å²) in [7, 11) is 0. The van der Waals surface area contributed by atoms with E-state index in [4.69, 9.17) is 11.6 Å². The number of unbranched alkanes of at least 4 members (excludes halogenated alkanes) is 1. The van der Waals surface area contributed by atoms with Crippen LogP contribution in [0.1, 0.15) is 19.3 Å². The zero-order chi connectivity index (χ0) is 11.1. The Labute approximate surface area is 102 Å². The van der Waals surface area contributed by atoms with Crippen molar-refractivity contribution in [2.45, 2.75) is 19.3 Å². The van der Waals surface area contributed by atoms with Crippen molar-refractivity contribution < 1.29 is 4.79 Å². The monoisotopic (exact) mass is 290 g/mol. The first-order valence-electron chi connectivity index (χ1n) is 4.71. The van der Waals surface area contributed by atoms with E-state index in [1.807, 2.05) is 12.1 Å². The lowest BCUT2D eigenvalue weighted by molar-refractivity contribution is -0.116. The average Bonchev–Trinajstić information content (AvgIpc) is 2.18. The number of aromatic nitrogens is 1. The fourth-order valence-corrected chi connectivity index (χ4v) is 1.60. The van der Waals surface area contributed by atoms with Gasteiger partial charge >= 0.3 is 0 Å². The second-order valence-electron chi connectivity index (χ2n) is 3.04. The second-order valence-corrected chi connectivity index (χ2v) is 4.23. The van der Waals surface area contributed by atoms with Gasteiger partial charge in [-0.15, -0.1) is 11.6 Å². The number of carbonyl (C=O) groups excluding carboxylic acids is 1. The SMILES string of the molecule is O=C(CCCCCl)Nc1cccc(Br)n1. The van der Waals surface area contributed by atoms with Crippen molar-refractivity contribution in [1.82, 2.24) is 4.98 Å². The van der Waals surface area contributed by atoms with Crippen LogP contribution in [-0.2, 0) is 4.79 Å². The first-order valence-corrected chi connectivity index (χ1v) is 6.03. The van der Waals surface area contributed by atoms with Gasteiger partial charge in [0.25, 0.3) is 0 Å². The van der Waals surface area contributed by atoms with Gasteiger partial charge in [-0.05, 0) is 40.9 Å².